The number of halogens is 1. The van der Waals surface area contributed by atoms with Crippen LogP contribution in [-0.2, 0) is 6.54 Å². The van der Waals surface area contributed by atoms with Crippen LogP contribution in [0.5, 0.6) is 5.75 Å². The fourth-order valence-corrected chi connectivity index (χ4v) is 2.67. The second-order valence-electron chi connectivity index (χ2n) is 5.64. The summed E-state index contributed by atoms with van der Waals surface area (Å²) in [5.41, 5.74) is 1.49. The second-order valence-corrected chi connectivity index (χ2v) is 6.56. The van der Waals surface area contributed by atoms with E-state index in [9.17, 15) is 9.90 Å². The number of aryl methyl sites for hydroxylation is 1. The number of aliphatic hydroxyl groups excluding tert-OH is 1. The summed E-state index contributed by atoms with van der Waals surface area (Å²) in [6.45, 7) is 2.16. The number of hydrogen-bond acceptors (Lipinski definition) is 4. The first-order chi connectivity index (χ1) is 11.5. The van der Waals surface area contributed by atoms with Crippen LogP contribution in [-0.4, -0.2) is 27.4 Å². The smallest absolute Gasteiger partial charge is 0.261 e. The van der Waals surface area contributed by atoms with E-state index in [4.69, 9.17) is 4.74 Å². The van der Waals surface area contributed by atoms with Crippen molar-refractivity contribution in [3.8, 4) is 5.75 Å². The minimum Gasteiger partial charge on any atom is -0.491 e. The van der Waals surface area contributed by atoms with Crippen molar-refractivity contribution in [2.75, 3.05) is 6.61 Å². The molecule has 0 aliphatic heterocycles. The molecule has 1 N–H and O–H groups in total. The predicted molar refractivity (Wildman–Crippen MR) is 96.4 cm³/mol. The Morgan fingerprint density at radius 3 is 2.75 bits per heavy atom. The van der Waals surface area contributed by atoms with Crippen LogP contribution in [0.2, 0.25) is 0 Å². The van der Waals surface area contributed by atoms with Crippen molar-refractivity contribution in [1.82, 2.24) is 9.55 Å². The quantitative estimate of drug-likeness (QED) is 0.729. The molecule has 0 aliphatic rings. The van der Waals surface area contributed by atoms with Gasteiger partial charge in [-0.15, -0.1) is 0 Å². The van der Waals surface area contributed by atoms with Crippen LogP contribution in [0.1, 0.15) is 5.56 Å². The summed E-state index contributed by atoms with van der Waals surface area (Å²) in [5, 5.41) is 10.7. The Morgan fingerprint density at radius 1 is 1.25 bits per heavy atom. The van der Waals surface area contributed by atoms with E-state index in [-0.39, 0.29) is 18.7 Å². The van der Waals surface area contributed by atoms with Crippen LogP contribution in [0.4, 0.5) is 0 Å². The van der Waals surface area contributed by atoms with Gasteiger partial charge in [-0.25, -0.2) is 4.98 Å². The van der Waals surface area contributed by atoms with Gasteiger partial charge >= 0.3 is 0 Å². The van der Waals surface area contributed by atoms with Crippen molar-refractivity contribution >= 4 is 26.8 Å². The molecule has 1 heterocycles. The Morgan fingerprint density at radius 2 is 2.00 bits per heavy atom. The van der Waals surface area contributed by atoms with Crippen molar-refractivity contribution in [2.45, 2.75) is 19.6 Å². The van der Waals surface area contributed by atoms with Crippen LogP contribution in [0, 0.1) is 6.92 Å². The molecule has 0 fully saturated rings. The molecule has 0 amide bonds. The molecule has 0 spiro atoms. The number of aromatic nitrogens is 2. The van der Waals surface area contributed by atoms with Crippen molar-refractivity contribution in [1.29, 1.82) is 0 Å². The van der Waals surface area contributed by atoms with E-state index in [1.807, 2.05) is 49.4 Å². The minimum atomic E-state index is -0.810. The third-order valence-electron chi connectivity index (χ3n) is 3.64. The van der Waals surface area contributed by atoms with Gasteiger partial charge in [0, 0.05) is 4.47 Å². The first kappa shape index (κ1) is 16.7. The van der Waals surface area contributed by atoms with Crippen molar-refractivity contribution in [3.05, 3.63) is 69.2 Å². The van der Waals surface area contributed by atoms with Crippen LogP contribution in [0.15, 0.2) is 58.1 Å². The zero-order valence-corrected chi connectivity index (χ0v) is 14.7. The van der Waals surface area contributed by atoms with Crippen molar-refractivity contribution < 1.29 is 9.84 Å². The van der Waals surface area contributed by atoms with Crippen LogP contribution in [0.25, 0.3) is 10.9 Å². The zero-order valence-electron chi connectivity index (χ0n) is 13.1. The summed E-state index contributed by atoms with van der Waals surface area (Å²) in [5.74, 6) is 0.664. The summed E-state index contributed by atoms with van der Waals surface area (Å²) in [6, 6.07) is 12.9. The molecule has 3 rings (SSSR count). The Bertz CT molecular complexity index is 906. The molecule has 5 nitrogen and oxygen atoms in total. The highest BCUT2D eigenvalue weighted by Gasteiger charge is 2.10. The number of fused-ring (bicyclic) bond motifs is 1. The number of rotatable bonds is 5. The largest absolute Gasteiger partial charge is 0.491 e. The standard InChI is InChI=1S/C18H17BrN2O3/c1-12-2-7-17-16(8-12)18(23)21(11-20-17)9-14(22)10-24-15-5-3-13(19)4-6-15/h2-8,11,14,22H,9-10H2,1H3. The molecule has 0 aliphatic carbocycles. The monoisotopic (exact) mass is 388 g/mol. The molecular formula is C18H17BrN2O3. The normalized spacial score (nSPS) is 12.3. The van der Waals surface area contributed by atoms with E-state index in [0.29, 0.717) is 16.7 Å². The number of ether oxygens (including phenoxy) is 1. The Hall–Kier alpha value is -2.18. The lowest BCUT2D eigenvalue weighted by Crippen LogP contribution is -2.30. The molecule has 1 unspecified atom stereocenters. The molecule has 0 radical (unpaired) electrons. The van der Waals surface area contributed by atoms with E-state index in [1.54, 1.807) is 0 Å². The van der Waals surface area contributed by atoms with E-state index in [1.165, 1.54) is 10.9 Å². The molecule has 1 aromatic heterocycles. The van der Waals surface area contributed by atoms with Gasteiger partial charge in [0.2, 0.25) is 0 Å². The molecule has 2 aromatic carbocycles. The summed E-state index contributed by atoms with van der Waals surface area (Å²) >= 11 is 3.35. The maximum atomic E-state index is 12.5. The Kier molecular flexibility index (Phi) is 4.97. The lowest BCUT2D eigenvalue weighted by Gasteiger charge is -2.14. The fourth-order valence-electron chi connectivity index (χ4n) is 2.41. The molecule has 24 heavy (non-hydrogen) atoms. The maximum absolute atomic E-state index is 12.5. The van der Waals surface area contributed by atoms with Crippen molar-refractivity contribution in [2.24, 2.45) is 0 Å². The molecule has 0 saturated carbocycles. The van der Waals surface area contributed by atoms with Gasteiger partial charge in [0.05, 0.1) is 23.8 Å². The molecule has 0 saturated heterocycles. The molecular weight excluding hydrogens is 372 g/mol. The topological polar surface area (TPSA) is 64.3 Å². The summed E-state index contributed by atoms with van der Waals surface area (Å²) in [6.07, 6.45) is 0.651. The predicted octanol–water partition coefficient (Wildman–Crippen LogP) is 2.91. The molecule has 0 bridgehead atoms. The van der Waals surface area contributed by atoms with E-state index in [2.05, 4.69) is 20.9 Å². The third kappa shape index (κ3) is 3.83. The van der Waals surface area contributed by atoms with Crippen LogP contribution < -0.4 is 10.3 Å². The lowest BCUT2D eigenvalue weighted by atomic mass is 10.2. The molecule has 3 aromatic rings. The second kappa shape index (κ2) is 7.15. The number of benzene rings is 2. The number of aliphatic hydroxyl groups is 1. The summed E-state index contributed by atoms with van der Waals surface area (Å²) in [7, 11) is 0. The van der Waals surface area contributed by atoms with Gasteiger partial charge in [0.25, 0.3) is 5.56 Å². The summed E-state index contributed by atoms with van der Waals surface area (Å²) < 4.78 is 7.91. The SMILES string of the molecule is Cc1ccc2ncn(CC(O)COc3ccc(Br)cc3)c(=O)c2c1. The third-order valence-corrected chi connectivity index (χ3v) is 4.17. The number of hydrogen-bond donors (Lipinski definition) is 1. The Labute approximate surface area is 147 Å². The summed E-state index contributed by atoms with van der Waals surface area (Å²) in [4.78, 5) is 16.8. The lowest BCUT2D eigenvalue weighted by molar-refractivity contribution is 0.0915. The first-order valence-corrected chi connectivity index (χ1v) is 8.34. The fraction of sp³-hybridized carbons (Fsp3) is 0.222. The zero-order chi connectivity index (χ0) is 17.1. The first-order valence-electron chi connectivity index (χ1n) is 7.55. The van der Waals surface area contributed by atoms with Gasteiger partial charge in [-0.05, 0) is 43.3 Å². The van der Waals surface area contributed by atoms with Gasteiger partial charge < -0.3 is 9.84 Å². The van der Waals surface area contributed by atoms with E-state index in [0.717, 1.165) is 10.0 Å². The van der Waals surface area contributed by atoms with Gasteiger partial charge in [-0.3, -0.25) is 9.36 Å². The average Bonchev–Trinajstić information content (AvgIpc) is 2.57. The van der Waals surface area contributed by atoms with Gasteiger partial charge in [-0.1, -0.05) is 27.6 Å². The number of nitrogens with zero attached hydrogens (tertiary/aromatic N) is 2. The van der Waals surface area contributed by atoms with E-state index >= 15 is 0 Å². The molecule has 1 atom stereocenters. The average molecular weight is 389 g/mol. The highest BCUT2D eigenvalue weighted by molar-refractivity contribution is 9.10. The maximum Gasteiger partial charge on any atom is 0.261 e. The van der Waals surface area contributed by atoms with Crippen LogP contribution in [0.3, 0.4) is 0 Å². The molecule has 124 valence electrons. The van der Waals surface area contributed by atoms with Gasteiger partial charge in [0.15, 0.2) is 0 Å². The van der Waals surface area contributed by atoms with Crippen LogP contribution >= 0.6 is 15.9 Å². The minimum absolute atomic E-state index is 0.0971. The highest BCUT2D eigenvalue weighted by Crippen LogP contribution is 2.16. The molecule has 6 heteroatoms. The van der Waals surface area contributed by atoms with Crippen molar-refractivity contribution in [3.63, 3.8) is 0 Å². The Balaban J connectivity index is 1.71. The van der Waals surface area contributed by atoms with E-state index < -0.39 is 6.10 Å². The highest BCUT2D eigenvalue weighted by atomic mass is 79.9. The van der Waals surface area contributed by atoms with Gasteiger partial charge in [-0.2, -0.15) is 0 Å². The van der Waals surface area contributed by atoms with Gasteiger partial charge in [0.1, 0.15) is 18.5 Å².